The van der Waals surface area contributed by atoms with E-state index >= 15 is 0 Å². The van der Waals surface area contributed by atoms with Crippen LogP contribution < -0.4 is 4.72 Å². The zero-order chi connectivity index (χ0) is 15.1. The normalized spacial score (nSPS) is 16.1. The van der Waals surface area contributed by atoms with Crippen molar-refractivity contribution in [2.75, 3.05) is 0 Å². The summed E-state index contributed by atoms with van der Waals surface area (Å²) in [7, 11) is -4.10. The lowest BCUT2D eigenvalue weighted by Crippen LogP contribution is -2.45. The predicted octanol–water partition coefficient (Wildman–Crippen LogP) is 1.99. The second-order valence-corrected chi connectivity index (χ2v) is 7.20. The van der Waals surface area contributed by atoms with Crippen LogP contribution in [0.25, 0.3) is 0 Å². The van der Waals surface area contributed by atoms with Gasteiger partial charge in [0.1, 0.15) is 10.7 Å². The lowest BCUT2D eigenvalue weighted by atomic mass is 10.0. The third kappa shape index (κ3) is 2.99. The average Bonchev–Trinajstić information content (AvgIpc) is 3.11. The first-order valence-electron chi connectivity index (χ1n) is 6.20. The van der Waals surface area contributed by atoms with Crippen LogP contribution in [0.5, 0.6) is 0 Å². The number of benzene rings is 1. The van der Waals surface area contributed by atoms with Gasteiger partial charge in [-0.3, -0.25) is 0 Å². The number of rotatable bonds is 5. The van der Waals surface area contributed by atoms with Crippen LogP contribution in [-0.4, -0.2) is 25.0 Å². The highest BCUT2D eigenvalue weighted by atomic mass is 32.2. The van der Waals surface area contributed by atoms with Crippen molar-refractivity contribution in [3.05, 3.63) is 29.6 Å². The van der Waals surface area contributed by atoms with Crippen molar-refractivity contribution in [3.63, 3.8) is 0 Å². The minimum Gasteiger partial charge on any atom is -0.478 e. The van der Waals surface area contributed by atoms with E-state index in [0.29, 0.717) is 0 Å². The van der Waals surface area contributed by atoms with Crippen LogP contribution in [0.15, 0.2) is 23.1 Å². The molecule has 0 spiro atoms. The van der Waals surface area contributed by atoms with Gasteiger partial charge in [-0.15, -0.1) is 0 Å². The lowest BCUT2D eigenvalue weighted by Gasteiger charge is -2.25. The highest BCUT2D eigenvalue weighted by Gasteiger charge is 2.41. The maximum atomic E-state index is 13.7. The number of sulfonamides is 1. The van der Waals surface area contributed by atoms with Gasteiger partial charge >= 0.3 is 5.97 Å². The number of aromatic carboxylic acids is 1. The van der Waals surface area contributed by atoms with E-state index in [1.165, 1.54) is 0 Å². The molecule has 1 fully saturated rings. The Balaban J connectivity index is 2.38. The number of nitrogens with one attached hydrogen (secondary N) is 1. The van der Waals surface area contributed by atoms with Gasteiger partial charge in [0.05, 0.1) is 5.56 Å². The van der Waals surface area contributed by atoms with Crippen molar-refractivity contribution >= 4 is 16.0 Å². The fourth-order valence-electron chi connectivity index (χ4n) is 2.13. The Bertz CT molecular complexity index is 650. The molecule has 2 N–H and O–H groups in total. The van der Waals surface area contributed by atoms with Crippen LogP contribution in [0.4, 0.5) is 4.39 Å². The molecule has 0 heterocycles. The molecular weight excluding hydrogens is 285 g/mol. The molecule has 0 aliphatic heterocycles. The molecule has 1 aliphatic rings. The van der Waals surface area contributed by atoms with Gasteiger partial charge < -0.3 is 5.11 Å². The van der Waals surface area contributed by atoms with E-state index in [1.54, 1.807) is 13.8 Å². The van der Waals surface area contributed by atoms with E-state index in [-0.39, 0.29) is 11.5 Å². The first kappa shape index (κ1) is 14.9. The minimum absolute atomic E-state index is 0.225. The fourth-order valence-corrected chi connectivity index (χ4v) is 3.71. The molecule has 1 aromatic rings. The van der Waals surface area contributed by atoms with E-state index in [1.807, 2.05) is 0 Å². The molecule has 1 aromatic carbocycles. The molecule has 0 bridgehead atoms. The largest absolute Gasteiger partial charge is 0.478 e. The molecule has 0 aromatic heterocycles. The Morgan fingerprint density at radius 1 is 1.40 bits per heavy atom. The van der Waals surface area contributed by atoms with E-state index in [2.05, 4.69) is 4.72 Å². The highest BCUT2D eigenvalue weighted by Crippen LogP contribution is 2.40. The van der Waals surface area contributed by atoms with Crippen molar-refractivity contribution in [3.8, 4) is 0 Å². The Kier molecular flexibility index (Phi) is 3.60. The van der Waals surface area contributed by atoms with Crippen LogP contribution in [0.3, 0.4) is 0 Å². The van der Waals surface area contributed by atoms with Gasteiger partial charge in [0.2, 0.25) is 10.0 Å². The Hall–Kier alpha value is -1.47. The number of halogens is 1. The molecule has 0 unspecified atom stereocenters. The van der Waals surface area contributed by atoms with Gasteiger partial charge in [0, 0.05) is 5.54 Å². The van der Waals surface area contributed by atoms with E-state index in [4.69, 9.17) is 5.11 Å². The first-order chi connectivity index (χ1) is 9.13. The number of carbonyl (C=O) groups is 1. The predicted molar refractivity (Wildman–Crippen MR) is 70.5 cm³/mol. The number of carboxylic acids is 1. The molecule has 0 saturated heterocycles. The van der Waals surface area contributed by atoms with E-state index in [9.17, 15) is 17.6 Å². The molecule has 110 valence electrons. The second kappa shape index (κ2) is 4.82. The van der Waals surface area contributed by atoms with Gasteiger partial charge in [-0.05, 0) is 50.8 Å². The smallest absolute Gasteiger partial charge is 0.335 e. The molecule has 5 nitrogen and oxygen atoms in total. The van der Waals surface area contributed by atoms with Crippen molar-refractivity contribution < 1.29 is 22.7 Å². The first-order valence-corrected chi connectivity index (χ1v) is 7.68. The van der Waals surface area contributed by atoms with Gasteiger partial charge in [0.15, 0.2) is 0 Å². The molecule has 0 amide bonds. The summed E-state index contributed by atoms with van der Waals surface area (Å²) in [5, 5.41) is 8.86. The Morgan fingerprint density at radius 2 is 2.00 bits per heavy atom. The summed E-state index contributed by atoms with van der Waals surface area (Å²) in [6, 6.07) is 2.72. The zero-order valence-corrected chi connectivity index (χ0v) is 12.0. The topological polar surface area (TPSA) is 83.5 Å². The summed E-state index contributed by atoms with van der Waals surface area (Å²) in [4.78, 5) is 10.2. The van der Waals surface area contributed by atoms with Gasteiger partial charge in [-0.2, -0.15) is 0 Å². The van der Waals surface area contributed by atoms with Gasteiger partial charge in [-0.25, -0.2) is 22.3 Å². The van der Waals surface area contributed by atoms with E-state index < -0.39 is 32.2 Å². The molecule has 0 atom stereocenters. The third-order valence-electron chi connectivity index (χ3n) is 3.46. The Labute approximate surface area is 116 Å². The van der Waals surface area contributed by atoms with Crippen LogP contribution in [0.2, 0.25) is 0 Å². The third-order valence-corrected chi connectivity index (χ3v) is 5.15. The molecule has 1 aliphatic carbocycles. The van der Waals surface area contributed by atoms with Crippen molar-refractivity contribution in [1.29, 1.82) is 0 Å². The fraction of sp³-hybridized carbons (Fsp3) is 0.462. The highest BCUT2D eigenvalue weighted by molar-refractivity contribution is 7.89. The van der Waals surface area contributed by atoms with Gasteiger partial charge in [-0.1, -0.05) is 0 Å². The maximum Gasteiger partial charge on any atom is 0.335 e. The summed E-state index contributed by atoms with van der Waals surface area (Å²) in [5.74, 6) is -2.04. The summed E-state index contributed by atoms with van der Waals surface area (Å²) in [6.45, 7) is 3.47. The van der Waals surface area contributed by atoms with Crippen LogP contribution in [0, 0.1) is 11.7 Å². The molecule has 0 radical (unpaired) electrons. The SMILES string of the molecule is CC(C)(NS(=O)(=O)c1cc(C(=O)O)ccc1F)C1CC1. The molecule has 2 rings (SSSR count). The monoisotopic (exact) mass is 301 g/mol. The zero-order valence-electron chi connectivity index (χ0n) is 11.2. The second-order valence-electron chi connectivity index (χ2n) is 5.55. The van der Waals surface area contributed by atoms with Crippen molar-refractivity contribution in [2.24, 2.45) is 5.92 Å². The standard InChI is InChI=1S/C13H16FNO4S/c1-13(2,9-4-5-9)15-20(18,19)11-7-8(12(16)17)3-6-10(11)14/h3,6-7,9,15H,4-5H2,1-2H3,(H,16,17). The molecule has 20 heavy (non-hydrogen) atoms. The quantitative estimate of drug-likeness (QED) is 0.871. The average molecular weight is 301 g/mol. The maximum absolute atomic E-state index is 13.7. The van der Waals surface area contributed by atoms with Crippen LogP contribution >= 0.6 is 0 Å². The number of carboxylic acid groups (broad SMARTS) is 1. The van der Waals surface area contributed by atoms with Crippen molar-refractivity contribution in [2.45, 2.75) is 37.1 Å². The number of hydrogen-bond donors (Lipinski definition) is 2. The Morgan fingerprint density at radius 3 is 2.50 bits per heavy atom. The van der Waals surface area contributed by atoms with Crippen molar-refractivity contribution in [1.82, 2.24) is 4.72 Å². The summed E-state index contributed by atoms with van der Waals surface area (Å²) < 4.78 is 40.6. The van der Waals surface area contributed by atoms with Gasteiger partial charge in [0.25, 0.3) is 0 Å². The van der Waals surface area contributed by atoms with E-state index in [0.717, 1.165) is 31.0 Å². The number of hydrogen-bond acceptors (Lipinski definition) is 3. The summed E-state index contributed by atoms with van der Waals surface area (Å²) in [5.41, 5.74) is -0.944. The lowest BCUT2D eigenvalue weighted by molar-refractivity contribution is 0.0696. The summed E-state index contributed by atoms with van der Waals surface area (Å²) in [6.07, 6.45) is 1.85. The van der Waals surface area contributed by atoms with Crippen LogP contribution in [0.1, 0.15) is 37.0 Å². The summed E-state index contributed by atoms with van der Waals surface area (Å²) >= 11 is 0. The minimum atomic E-state index is -4.10. The molecule has 7 heteroatoms. The molecular formula is C13H16FNO4S. The van der Waals surface area contributed by atoms with Crippen LogP contribution in [-0.2, 0) is 10.0 Å². The molecule has 1 saturated carbocycles.